The van der Waals surface area contributed by atoms with Crippen LogP contribution >= 0.6 is 0 Å². The first-order valence-electron chi connectivity index (χ1n) is 5.56. The van der Waals surface area contributed by atoms with E-state index >= 15 is 0 Å². The second-order valence-corrected chi connectivity index (χ2v) is 4.23. The summed E-state index contributed by atoms with van der Waals surface area (Å²) in [5.74, 6) is -1.07. The molecule has 1 aromatic rings. The summed E-state index contributed by atoms with van der Waals surface area (Å²) in [4.78, 5) is 22.9. The number of carboxylic acid groups (broad SMARTS) is 1. The Morgan fingerprint density at radius 2 is 2.00 bits per heavy atom. The lowest BCUT2D eigenvalue weighted by Crippen LogP contribution is -2.32. The zero-order chi connectivity index (χ0) is 13.7. The molecular formula is C13H17NO4. The third-order valence-corrected chi connectivity index (χ3v) is 2.54. The standard InChI is InChI=1S/C13H17NO4/c1-9-4-5-10(2)11(6-9)8-18-13(17)14(3)7-12(15)16/h4-6H,7-8H2,1-3H3,(H,15,16). The fourth-order valence-corrected chi connectivity index (χ4v) is 1.47. The summed E-state index contributed by atoms with van der Waals surface area (Å²) in [6, 6.07) is 5.89. The lowest BCUT2D eigenvalue weighted by molar-refractivity contribution is -0.137. The number of aliphatic carboxylic acids is 1. The van der Waals surface area contributed by atoms with Gasteiger partial charge in [0.1, 0.15) is 13.2 Å². The minimum absolute atomic E-state index is 0.149. The Kier molecular flexibility index (Phi) is 4.71. The van der Waals surface area contributed by atoms with E-state index in [0.717, 1.165) is 21.6 Å². The van der Waals surface area contributed by atoms with Crippen molar-refractivity contribution < 1.29 is 19.4 Å². The highest BCUT2D eigenvalue weighted by molar-refractivity contribution is 5.76. The van der Waals surface area contributed by atoms with E-state index in [1.165, 1.54) is 7.05 Å². The van der Waals surface area contributed by atoms with Gasteiger partial charge in [0.2, 0.25) is 0 Å². The number of aryl methyl sites for hydroxylation is 2. The van der Waals surface area contributed by atoms with Crippen molar-refractivity contribution in [3.63, 3.8) is 0 Å². The summed E-state index contributed by atoms with van der Waals surface area (Å²) < 4.78 is 5.05. The zero-order valence-electron chi connectivity index (χ0n) is 10.8. The summed E-state index contributed by atoms with van der Waals surface area (Å²) in [5, 5.41) is 8.55. The molecule has 0 fully saturated rings. The van der Waals surface area contributed by atoms with E-state index in [9.17, 15) is 9.59 Å². The molecule has 5 heteroatoms. The maximum atomic E-state index is 11.5. The normalized spacial score (nSPS) is 9.94. The van der Waals surface area contributed by atoms with Gasteiger partial charge < -0.3 is 14.7 Å². The average Bonchev–Trinajstić information content (AvgIpc) is 2.29. The molecule has 18 heavy (non-hydrogen) atoms. The number of amides is 1. The molecule has 1 rings (SSSR count). The van der Waals surface area contributed by atoms with Crippen LogP contribution in [0.15, 0.2) is 18.2 Å². The molecule has 0 spiro atoms. The second-order valence-electron chi connectivity index (χ2n) is 4.23. The molecule has 0 atom stereocenters. The van der Waals surface area contributed by atoms with Gasteiger partial charge in [0, 0.05) is 7.05 Å². The number of ether oxygens (including phenoxy) is 1. The van der Waals surface area contributed by atoms with Crippen LogP contribution in [0.3, 0.4) is 0 Å². The van der Waals surface area contributed by atoms with Crippen LogP contribution in [0, 0.1) is 13.8 Å². The summed E-state index contributed by atoms with van der Waals surface area (Å²) in [6.07, 6.45) is -0.640. The van der Waals surface area contributed by atoms with Crippen molar-refractivity contribution in [3.8, 4) is 0 Å². The highest BCUT2D eigenvalue weighted by Crippen LogP contribution is 2.12. The number of carboxylic acids is 1. The van der Waals surface area contributed by atoms with Gasteiger partial charge in [-0.3, -0.25) is 4.79 Å². The Labute approximate surface area is 106 Å². The molecule has 1 N–H and O–H groups in total. The van der Waals surface area contributed by atoms with Gasteiger partial charge in [0.15, 0.2) is 0 Å². The fourth-order valence-electron chi connectivity index (χ4n) is 1.47. The van der Waals surface area contributed by atoms with E-state index in [4.69, 9.17) is 9.84 Å². The molecule has 1 amide bonds. The van der Waals surface area contributed by atoms with Gasteiger partial charge >= 0.3 is 12.1 Å². The molecule has 0 aliphatic carbocycles. The molecule has 0 bridgehead atoms. The maximum absolute atomic E-state index is 11.5. The van der Waals surface area contributed by atoms with Crippen molar-refractivity contribution in [1.82, 2.24) is 4.90 Å². The molecule has 0 saturated carbocycles. The topological polar surface area (TPSA) is 66.8 Å². The van der Waals surface area contributed by atoms with Crippen LogP contribution in [0.25, 0.3) is 0 Å². The van der Waals surface area contributed by atoms with Crippen LogP contribution in [0.4, 0.5) is 4.79 Å². The van der Waals surface area contributed by atoms with Gasteiger partial charge in [0.25, 0.3) is 0 Å². The van der Waals surface area contributed by atoms with Crippen molar-refractivity contribution in [2.75, 3.05) is 13.6 Å². The highest BCUT2D eigenvalue weighted by atomic mass is 16.6. The monoisotopic (exact) mass is 251 g/mol. The lowest BCUT2D eigenvalue weighted by atomic mass is 10.1. The summed E-state index contributed by atoms with van der Waals surface area (Å²) in [5.41, 5.74) is 3.05. The molecular weight excluding hydrogens is 234 g/mol. The first kappa shape index (κ1) is 14.0. The molecule has 0 radical (unpaired) electrons. The van der Waals surface area contributed by atoms with Gasteiger partial charge in [-0.15, -0.1) is 0 Å². The van der Waals surface area contributed by atoms with E-state index in [-0.39, 0.29) is 13.2 Å². The van der Waals surface area contributed by atoms with Crippen molar-refractivity contribution in [2.45, 2.75) is 20.5 Å². The molecule has 98 valence electrons. The van der Waals surface area contributed by atoms with Crippen molar-refractivity contribution in [3.05, 3.63) is 34.9 Å². The Morgan fingerprint density at radius 1 is 1.33 bits per heavy atom. The van der Waals surface area contributed by atoms with Crippen LogP contribution in [0.5, 0.6) is 0 Å². The van der Waals surface area contributed by atoms with E-state index in [1.807, 2.05) is 32.0 Å². The number of nitrogens with zero attached hydrogens (tertiary/aromatic N) is 1. The van der Waals surface area contributed by atoms with Gasteiger partial charge in [0.05, 0.1) is 0 Å². The molecule has 0 aliphatic rings. The second kappa shape index (κ2) is 6.05. The van der Waals surface area contributed by atoms with E-state index in [2.05, 4.69) is 0 Å². The molecule has 0 aliphatic heterocycles. The minimum Gasteiger partial charge on any atom is -0.480 e. The van der Waals surface area contributed by atoms with Crippen molar-refractivity contribution in [1.29, 1.82) is 0 Å². The third-order valence-electron chi connectivity index (χ3n) is 2.54. The Balaban J connectivity index is 2.57. The number of likely N-dealkylation sites (N-methyl/N-ethyl adjacent to an activating group) is 1. The fraction of sp³-hybridized carbons (Fsp3) is 0.385. The van der Waals surface area contributed by atoms with Crippen LogP contribution in [-0.4, -0.2) is 35.7 Å². The zero-order valence-corrected chi connectivity index (χ0v) is 10.8. The molecule has 1 aromatic carbocycles. The van der Waals surface area contributed by atoms with E-state index in [0.29, 0.717) is 0 Å². The van der Waals surface area contributed by atoms with Crippen LogP contribution in [0.1, 0.15) is 16.7 Å². The molecule has 0 unspecified atom stereocenters. The van der Waals surface area contributed by atoms with Gasteiger partial charge in [-0.25, -0.2) is 4.79 Å². The number of rotatable bonds is 4. The number of carbonyl (C=O) groups is 2. The molecule has 0 heterocycles. The lowest BCUT2D eigenvalue weighted by Gasteiger charge is -2.15. The average molecular weight is 251 g/mol. The predicted octanol–water partition coefficient (Wildman–Crippen LogP) is 1.96. The first-order chi connectivity index (χ1) is 8.40. The minimum atomic E-state index is -1.07. The summed E-state index contributed by atoms with van der Waals surface area (Å²) >= 11 is 0. The number of carbonyl (C=O) groups excluding carboxylic acids is 1. The van der Waals surface area contributed by atoms with Gasteiger partial charge in [-0.2, -0.15) is 0 Å². The van der Waals surface area contributed by atoms with Crippen LogP contribution in [0.2, 0.25) is 0 Å². The van der Waals surface area contributed by atoms with Gasteiger partial charge in [-0.05, 0) is 25.0 Å². The van der Waals surface area contributed by atoms with Crippen molar-refractivity contribution in [2.24, 2.45) is 0 Å². The Morgan fingerprint density at radius 3 is 2.61 bits per heavy atom. The number of hydrogen-bond acceptors (Lipinski definition) is 3. The van der Waals surface area contributed by atoms with Crippen LogP contribution in [-0.2, 0) is 16.1 Å². The third kappa shape index (κ3) is 4.08. The largest absolute Gasteiger partial charge is 0.480 e. The molecule has 5 nitrogen and oxygen atoms in total. The van der Waals surface area contributed by atoms with Crippen LogP contribution < -0.4 is 0 Å². The Hall–Kier alpha value is -2.04. The van der Waals surface area contributed by atoms with Crippen molar-refractivity contribution >= 4 is 12.1 Å². The molecule has 0 aromatic heterocycles. The smallest absolute Gasteiger partial charge is 0.410 e. The summed E-state index contributed by atoms with van der Waals surface area (Å²) in [6.45, 7) is 3.67. The van der Waals surface area contributed by atoms with E-state index in [1.54, 1.807) is 0 Å². The number of hydrogen-bond donors (Lipinski definition) is 1. The summed E-state index contributed by atoms with van der Waals surface area (Å²) in [7, 11) is 1.39. The quantitative estimate of drug-likeness (QED) is 0.888. The number of benzene rings is 1. The van der Waals surface area contributed by atoms with Gasteiger partial charge in [-0.1, -0.05) is 23.8 Å². The maximum Gasteiger partial charge on any atom is 0.410 e. The van der Waals surface area contributed by atoms with E-state index < -0.39 is 12.1 Å². The Bertz CT molecular complexity index is 456. The highest BCUT2D eigenvalue weighted by Gasteiger charge is 2.13. The predicted molar refractivity (Wildman–Crippen MR) is 66.4 cm³/mol. The molecule has 0 saturated heterocycles. The first-order valence-corrected chi connectivity index (χ1v) is 5.56. The SMILES string of the molecule is Cc1ccc(C)c(COC(=O)N(C)CC(=O)O)c1.